The van der Waals surface area contributed by atoms with Gasteiger partial charge in [-0.1, -0.05) is 11.6 Å². The zero-order chi connectivity index (χ0) is 28.4. The van der Waals surface area contributed by atoms with Gasteiger partial charge in [0.2, 0.25) is 5.75 Å². The Labute approximate surface area is 236 Å². The number of ether oxygens (including phenoxy) is 5. The van der Waals surface area contributed by atoms with E-state index in [0.717, 1.165) is 4.90 Å². The zero-order valence-corrected chi connectivity index (χ0v) is 23.6. The van der Waals surface area contributed by atoms with Crippen molar-refractivity contribution in [2.24, 2.45) is 0 Å². The minimum Gasteiger partial charge on any atom is -0.493 e. The third kappa shape index (κ3) is 7.59. The Bertz CT molecular complexity index is 1340. The number of methoxy groups -OCH3 is 4. The van der Waals surface area contributed by atoms with E-state index in [0.29, 0.717) is 40.2 Å². The van der Waals surface area contributed by atoms with E-state index in [1.54, 1.807) is 23.9 Å². The molecule has 39 heavy (non-hydrogen) atoms. The number of benzene rings is 3. The summed E-state index contributed by atoms with van der Waals surface area (Å²) in [5.41, 5.74) is 0.752. The van der Waals surface area contributed by atoms with Gasteiger partial charge in [-0.3, -0.25) is 9.59 Å². The molecule has 0 radical (unpaired) electrons. The molecule has 0 heterocycles. The van der Waals surface area contributed by atoms with Gasteiger partial charge < -0.3 is 23.7 Å². The highest BCUT2D eigenvalue weighted by Gasteiger charge is 2.20. The summed E-state index contributed by atoms with van der Waals surface area (Å²) in [5, 5.41) is 10.4. The monoisotopic (exact) mass is 569 g/mol. The number of hydrogen-bond acceptors (Lipinski definition) is 9. The van der Waals surface area contributed by atoms with Crippen LogP contribution in [0.1, 0.15) is 39.1 Å². The van der Waals surface area contributed by atoms with E-state index in [1.165, 1.54) is 40.6 Å². The van der Waals surface area contributed by atoms with Gasteiger partial charge in [0.15, 0.2) is 34.6 Å². The third-order valence-corrected chi connectivity index (χ3v) is 6.92. The molecule has 0 aromatic heterocycles. The summed E-state index contributed by atoms with van der Waals surface area (Å²) >= 11 is 7.50. The molecule has 0 saturated heterocycles. The number of Topliss-reactive ketones (excluding diaryl/α,β-unsaturated/α-hetero) is 2. The molecule has 10 heteroatoms. The molecule has 8 nitrogen and oxygen atoms in total. The molecule has 0 saturated carbocycles. The number of carbonyl (C=O) groups excluding carboxylic acids is 2. The lowest BCUT2D eigenvalue weighted by atomic mass is 9.99. The number of ketones is 2. The molecule has 0 aliphatic rings. The Morgan fingerprint density at radius 2 is 1.31 bits per heavy atom. The zero-order valence-electron chi connectivity index (χ0n) is 22.0. The van der Waals surface area contributed by atoms with Crippen molar-refractivity contribution in [3.63, 3.8) is 0 Å². The number of rotatable bonds is 14. The molecule has 0 fully saturated rings. The van der Waals surface area contributed by atoms with Crippen molar-refractivity contribution in [1.82, 2.24) is 0 Å². The number of thioether (sulfide) groups is 1. The molecule has 0 bridgehead atoms. The normalized spacial score (nSPS) is 10.4. The Kier molecular flexibility index (Phi) is 10.9. The van der Waals surface area contributed by atoms with Crippen molar-refractivity contribution in [2.75, 3.05) is 40.8 Å². The SMILES string of the molecule is COc1cc(C(=O)CCC(=O)c2cc(OC)c(OC)c(OC)c2)cc(C#N)c1OCCSc1ccc(Cl)cc1. The topological polar surface area (TPSA) is 104 Å². The summed E-state index contributed by atoms with van der Waals surface area (Å²) in [4.78, 5) is 26.9. The standard InChI is InChI=1S/C29H28ClNO7S/c1-34-25-14-18(13-20(17-31)28(25)38-11-12-39-22-7-5-21(30)6-8-22)23(32)9-10-24(33)19-15-26(35-2)29(37-4)27(16-19)36-3/h5-8,13-16H,9-12H2,1-4H3. The van der Waals surface area contributed by atoms with Crippen LogP contribution in [0.3, 0.4) is 0 Å². The van der Waals surface area contributed by atoms with Gasteiger partial charge in [-0.15, -0.1) is 11.8 Å². The molecule has 3 rings (SSSR count). The first-order chi connectivity index (χ1) is 18.8. The fourth-order valence-electron chi connectivity index (χ4n) is 3.74. The van der Waals surface area contributed by atoms with E-state index >= 15 is 0 Å². The van der Waals surface area contributed by atoms with E-state index in [2.05, 4.69) is 6.07 Å². The van der Waals surface area contributed by atoms with Crippen molar-refractivity contribution in [1.29, 1.82) is 5.26 Å². The number of halogens is 1. The summed E-state index contributed by atoms with van der Waals surface area (Å²) in [7, 11) is 5.83. The first-order valence-corrected chi connectivity index (χ1v) is 13.2. The second-order valence-electron chi connectivity index (χ2n) is 8.08. The molecule has 204 valence electrons. The third-order valence-electron chi connectivity index (χ3n) is 5.70. The van der Waals surface area contributed by atoms with Gasteiger partial charge in [0.05, 0.1) is 40.6 Å². The maximum atomic E-state index is 13.0. The van der Waals surface area contributed by atoms with Gasteiger partial charge >= 0.3 is 0 Å². The second-order valence-corrected chi connectivity index (χ2v) is 9.68. The largest absolute Gasteiger partial charge is 0.493 e. The maximum absolute atomic E-state index is 13.0. The Morgan fingerprint density at radius 1 is 0.795 bits per heavy atom. The molecule has 0 unspecified atom stereocenters. The minimum absolute atomic E-state index is 0.0537. The fourth-order valence-corrected chi connectivity index (χ4v) is 4.60. The number of nitriles is 1. The Morgan fingerprint density at radius 3 is 1.79 bits per heavy atom. The summed E-state index contributed by atoms with van der Waals surface area (Å²) in [5.74, 6) is 1.64. The van der Waals surface area contributed by atoms with Crippen molar-refractivity contribution in [3.05, 3.63) is 70.2 Å². The molecule has 0 atom stereocenters. The highest BCUT2D eigenvalue weighted by atomic mass is 35.5. The van der Waals surface area contributed by atoms with E-state index in [9.17, 15) is 14.9 Å². The smallest absolute Gasteiger partial charge is 0.203 e. The first-order valence-electron chi connectivity index (χ1n) is 11.8. The molecule has 0 amide bonds. The number of nitrogens with zero attached hydrogens (tertiary/aromatic N) is 1. The van der Waals surface area contributed by atoms with Crippen LogP contribution in [0.15, 0.2) is 53.4 Å². The predicted molar refractivity (Wildman–Crippen MR) is 149 cm³/mol. The summed E-state index contributed by atoms with van der Waals surface area (Å²) < 4.78 is 27.2. The van der Waals surface area contributed by atoms with Crippen LogP contribution < -0.4 is 23.7 Å². The summed E-state index contributed by atoms with van der Waals surface area (Å²) in [6, 6.07) is 15.6. The summed E-state index contributed by atoms with van der Waals surface area (Å²) in [6.07, 6.45) is -0.122. The van der Waals surface area contributed by atoms with Crippen molar-refractivity contribution < 1.29 is 33.3 Å². The van der Waals surface area contributed by atoms with Gasteiger partial charge in [0.1, 0.15) is 6.07 Å². The lowest BCUT2D eigenvalue weighted by Crippen LogP contribution is -2.08. The minimum atomic E-state index is -0.310. The Hall–Kier alpha value is -3.87. The molecule has 3 aromatic carbocycles. The average Bonchev–Trinajstić information content (AvgIpc) is 2.97. The van der Waals surface area contributed by atoms with Gasteiger partial charge in [0.25, 0.3) is 0 Å². The molecular weight excluding hydrogens is 542 g/mol. The van der Waals surface area contributed by atoms with Crippen LogP contribution in [0, 0.1) is 11.3 Å². The number of hydrogen-bond donors (Lipinski definition) is 0. The van der Waals surface area contributed by atoms with E-state index < -0.39 is 0 Å². The molecule has 0 spiro atoms. The van der Waals surface area contributed by atoms with Gasteiger partial charge in [-0.25, -0.2) is 0 Å². The van der Waals surface area contributed by atoms with Gasteiger partial charge in [-0.2, -0.15) is 5.26 Å². The van der Waals surface area contributed by atoms with Crippen LogP contribution in [0.2, 0.25) is 5.02 Å². The van der Waals surface area contributed by atoms with Crippen LogP contribution in [0.4, 0.5) is 0 Å². The second kappa shape index (κ2) is 14.3. The van der Waals surface area contributed by atoms with Crippen LogP contribution in [-0.2, 0) is 0 Å². The molecule has 0 aliphatic heterocycles. The van der Waals surface area contributed by atoms with Crippen LogP contribution in [0.25, 0.3) is 0 Å². The van der Waals surface area contributed by atoms with E-state index in [1.807, 2.05) is 24.3 Å². The van der Waals surface area contributed by atoms with Crippen LogP contribution in [-0.4, -0.2) is 52.4 Å². The summed E-state index contributed by atoms with van der Waals surface area (Å²) in [6.45, 7) is 0.314. The lowest BCUT2D eigenvalue weighted by Gasteiger charge is -2.14. The fraction of sp³-hybridized carbons (Fsp3) is 0.276. The average molecular weight is 570 g/mol. The maximum Gasteiger partial charge on any atom is 0.203 e. The van der Waals surface area contributed by atoms with Gasteiger partial charge in [-0.05, 0) is 48.5 Å². The van der Waals surface area contributed by atoms with Crippen molar-refractivity contribution in [3.8, 4) is 34.8 Å². The molecular formula is C29H28ClNO7S. The highest BCUT2D eigenvalue weighted by molar-refractivity contribution is 7.99. The highest BCUT2D eigenvalue weighted by Crippen LogP contribution is 2.39. The van der Waals surface area contributed by atoms with Crippen LogP contribution in [0.5, 0.6) is 28.7 Å². The van der Waals surface area contributed by atoms with Crippen LogP contribution >= 0.6 is 23.4 Å². The molecule has 0 N–H and O–H groups in total. The molecule has 3 aromatic rings. The lowest BCUT2D eigenvalue weighted by molar-refractivity contribution is 0.0917. The molecule has 0 aliphatic carbocycles. The quantitative estimate of drug-likeness (QED) is 0.126. The first kappa shape index (κ1) is 29.7. The van der Waals surface area contributed by atoms with Gasteiger partial charge in [0, 0.05) is 39.6 Å². The van der Waals surface area contributed by atoms with E-state index in [-0.39, 0.29) is 47.0 Å². The predicted octanol–water partition coefficient (Wildman–Crippen LogP) is 6.26. The van der Waals surface area contributed by atoms with E-state index in [4.69, 9.17) is 35.3 Å². The van der Waals surface area contributed by atoms with Crippen molar-refractivity contribution in [2.45, 2.75) is 17.7 Å². The Balaban J connectivity index is 1.68. The number of carbonyl (C=O) groups is 2. The van der Waals surface area contributed by atoms with Crippen molar-refractivity contribution >= 4 is 34.9 Å².